The van der Waals surface area contributed by atoms with Gasteiger partial charge >= 0.3 is 0 Å². The molecule has 1 aromatic heterocycles. The molecule has 0 unspecified atom stereocenters. The van der Waals surface area contributed by atoms with Gasteiger partial charge in [-0.25, -0.2) is 4.98 Å². The summed E-state index contributed by atoms with van der Waals surface area (Å²) in [5, 5.41) is 17.2. The lowest BCUT2D eigenvalue weighted by Gasteiger charge is -2.12. The first-order valence-corrected chi connectivity index (χ1v) is 7.35. The maximum Gasteiger partial charge on any atom is 0.229 e. The molecule has 0 bridgehead atoms. The fourth-order valence-electron chi connectivity index (χ4n) is 2.31. The number of rotatable bonds is 5. The topological polar surface area (TPSA) is 70.1 Å². The van der Waals surface area contributed by atoms with Gasteiger partial charge in [-0.2, -0.15) is 4.98 Å². The summed E-state index contributed by atoms with van der Waals surface area (Å²) in [6, 6.07) is 13.1. The monoisotopic (exact) mass is 306 g/mol. The lowest BCUT2D eigenvalue weighted by atomic mass is 10.2. The van der Waals surface area contributed by atoms with Crippen molar-refractivity contribution in [3.63, 3.8) is 0 Å². The van der Waals surface area contributed by atoms with Crippen molar-refractivity contribution < 1.29 is 5.11 Å². The van der Waals surface area contributed by atoms with Gasteiger partial charge in [0, 0.05) is 11.9 Å². The van der Waals surface area contributed by atoms with Gasteiger partial charge in [0.1, 0.15) is 11.6 Å². The Bertz CT molecular complexity index is 861. The zero-order valence-electron chi connectivity index (χ0n) is 12.9. The maximum absolute atomic E-state index is 9.97. The van der Waals surface area contributed by atoms with Crippen LogP contribution in [0.4, 0.5) is 17.5 Å². The first-order chi connectivity index (χ1) is 11.2. The standard InChI is InChI=1S/C18H18N4O/c1-3-10-19-17-13-6-4-5-7-14(13)20-18(22-17)21-15-11-12(2)8-9-16(15)23/h3-9,11,23H,1,10H2,2H3,(H2,19,20,21,22). The van der Waals surface area contributed by atoms with Crippen molar-refractivity contribution in [2.45, 2.75) is 6.92 Å². The summed E-state index contributed by atoms with van der Waals surface area (Å²) < 4.78 is 0. The van der Waals surface area contributed by atoms with Gasteiger partial charge in [-0.1, -0.05) is 24.3 Å². The van der Waals surface area contributed by atoms with Crippen molar-refractivity contribution in [2.75, 3.05) is 17.2 Å². The molecule has 0 aliphatic carbocycles. The molecule has 0 fully saturated rings. The summed E-state index contributed by atoms with van der Waals surface area (Å²) in [7, 11) is 0. The molecular formula is C18H18N4O. The predicted molar refractivity (Wildman–Crippen MR) is 94.4 cm³/mol. The third-order valence-corrected chi connectivity index (χ3v) is 3.42. The molecule has 0 radical (unpaired) electrons. The smallest absolute Gasteiger partial charge is 0.229 e. The number of para-hydroxylation sites is 1. The van der Waals surface area contributed by atoms with Crippen molar-refractivity contribution in [2.24, 2.45) is 0 Å². The van der Waals surface area contributed by atoms with Gasteiger partial charge in [-0.3, -0.25) is 0 Å². The minimum atomic E-state index is 0.160. The molecule has 0 aliphatic rings. The first kappa shape index (κ1) is 14.8. The summed E-state index contributed by atoms with van der Waals surface area (Å²) in [6.07, 6.45) is 1.77. The van der Waals surface area contributed by atoms with Gasteiger partial charge in [0.15, 0.2) is 0 Å². The molecule has 5 nitrogen and oxygen atoms in total. The van der Waals surface area contributed by atoms with E-state index < -0.39 is 0 Å². The van der Waals surface area contributed by atoms with Crippen molar-refractivity contribution in [3.05, 3.63) is 60.7 Å². The molecule has 1 heterocycles. The van der Waals surface area contributed by atoms with E-state index in [0.717, 1.165) is 22.3 Å². The number of phenols is 1. The SMILES string of the molecule is C=CCNc1nc(Nc2cc(C)ccc2O)nc2ccccc12. The number of aromatic hydroxyl groups is 1. The van der Waals surface area contributed by atoms with E-state index >= 15 is 0 Å². The fraction of sp³-hybridized carbons (Fsp3) is 0.111. The third-order valence-electron chi connectivity index (χ3n) is 3.42. The second kappa shape index (κ2) is 6.36. The third kappa shape index (κ3) is 3.23. The predicted octanol–water partition coefficient (Wildman–Crippen LogP) is 3.99. The number of aryl methyl sites for hydroxylation is 1. The number of phenolic OH excluding ortho intramolecular Hbond substituents is 1. The number of hydrogen-bond donors (Lipinski definition) is 3. The van der Waals surface area contributed by atoms with Gasteiger partial charge in [0.25, 0.3) is 0 Å². The van der Waals surface area contributed by atoms with Crippen molar-refractivity contribution in [1.29, 1.82) is 0 Å². The highest BCUT2D eigenvalue weighted by atomic mass is 16.3. The highest BCUT2D eigenvalue weighted by molar-refractivity contribution is 5.90. The van der Waals surface area contributed by atoms with Gasteiger partial charge in [-0.15, -0.1) is 6.58 Å². The van der Waals surface area contributed by atoms with E-state index in [4.69, 9.17) is 0 Å². The first-order valence-electron chi connectivity index (χ1n) is 7.35. The molecular weight excluding hydrogens is 288 g/mol. The quantitative estimate of drug-likeness (QED) is 0.491. The van der Waals surface area contributed by atoms with Crippen molar-refractivity contribution in [1.82, 2.24) is 9.97 Å². The summed E-state index contributed by atoms with van der Waals surface area (Å²) in [5.74, 6) is 1.31. The molecule has 0 aliphatic heterocycles. The molecule has 3 aromatic rings. The van der Waals surface area contributed by atoms with E-state index in [1.807, 2.05) is 43.3 Å². The minimum Gasteiger partial charge on any atom is -0.506 e. The van der Waals surface area contributed by atoms with Crippen LogP contribution >= 0.6 is 0 Å². The summed E-state index contributed by atoms with van der Waals surface area (Å²) in [5.41, 5.74) is 2.44. The average molecular weight is 306 g/mol. The van der Waals surface area contributed by atoms with Crippen molar-refractivity contribution in [3.8, 4) is 5.75 Å². The van der Waals surface area contributed by atoms with E-state index in [9.17, 15) is 5.11 Å². The zero-order valence-corrected chi connectivity index (χ0v) is 12.9. The van der Waals surface area contributed by atoms with Crippen LogP contribution in [0.1, 0.15) is 5.56 Å². The Morgan fingerprint density at radius 3 is 2.83 bits per heavy atom. The number of aromatic nitrogens is 2. The summed E-state index contributed by atoms with van der Waals surface area (Å²) in [4.78, 5) is 9.02. The largest absolute Gasteiger partial charge is 0.506 e. The Morgan fingerprint density at radius 1 is 1.17 bits per heavy atom. The lowest BCUT2D eigenvalue weighted by molar-refractivity contribution is 0.477. The van der Waals surface area contributed by atoms with Crippen LogP contribution in [0.2, 0.25) is 0 Å². The number of nitrogens with one attached hydrogen (secondary N) is 2. The number of benzene rings is 2. The second-order valence-corrected chi connectivity index (χ2v) is 5.23. The van der Waals surface area contributed by atoms with Crippen LogP contribution in [0.3, 0.4) is 0 Å². The Morgan fingerprint density at radius 2 is 2.00 bits per heavy atom. The van der Waals surface area contributed by atoms with Crippen LogP contribution in [0.15, 0.2) is 55.1 Å². The van der Waals surface area contributed by atoms with Crippen LogP contribution in [-0.2, 0) is 0 Å². The number of anilines is 3. The van der Waals surface area contributed by atoms with Crippen LogP contribution in [-0.4, -0.2) is 21.6 Å². The van der Waals surface area contributed by atoms with Gasteiger partial charge in [-0.05, 0) is 36.8 Å². The van der Waals surface area contributed by atoms with Gasteiger partial charge in [0.05, 0.1) is 11.2 Å². The normalized spacial score (nSPS) is 10.5. The molecule has 23 heavy (non-hydrogen) atoms. The number of hydrogen-bond acceptors (Lipinski definition) is 5. The highest BCUT2D eigenvalue weighted by Crippen LogP contribution is 2.28. The van der Waals surface area contributed by atoms with Gasteiger partial charge < -0.3 is 15.7 Å². The maximum atomic E-state index is 9.97. The van der Waals surface area contributed by atoms with Gasteiger partial charge in [0.2, 0.25) is 5.95 Å². The van der Waals surface area contributed by atoms with Crippen LogP contribution < -0.4 is 10.6 Å². The van der Waals surface area contributed by atoms with E-state index in [1.165, 1.54) is 0 Å². The van der Waals surface area contributed by atoms with E-state index in [0.29, 0.717) is 18.2 Å². The molecule has 0 saturated carbocycles. The Hall–Kier alpha value is -3.08. The summed E-state index contributed by atoms with van der Waals surface area (Å²) in [6.45, 7) is 6.28. The average Bonchev–Trinajstić information content (AvgIpc) is 2.56. The summed E-state index contributed by atoms with van der Waals surface area (Å²) >= 11 is 0. The Balaban J connectivity index is 2.03. The van der Waals surface area contributed by atoms with E-state index in [2.05, 4.69) is 27.2 Å². The van der Waals surface area contributed by atoms with Crippen LogP contribution in [0.5, 0.6) is 5.75 Å². The zero-order chi connectivity index (χ0) is 16.2. The van der Waals surface area contributed by atoms with Crippen LogP contribution in [0, 0.1) is 6.92 Å². The van der Waals surface area contributed by atoms with Crippen molar-refractivity contribution >= 4 is 28.4 Å². The molecule has 3 rings (SSSR count). The highest BCUT2D eigenvalue weighted by Gasteiger charge is 2.09. The minimum absolute atomic E-state index is 0.160. The number of fused-ring (bicyclic) bond motifs is 1. The molecule has 0 spiro atoms. The lowest BCUT2D eigenvalue weighted by Crippen LogP contribution is -2.05. The number of nitrogens with zero attached hydrogens (tertiary/aromatic N) is 2. The van der Waals surface area contributed by atoms with E-state index in [1.54, 1.807) is 12.1 Å². The molecule has 2 aromatic carbocycles. The fourth-order valence-corrected chi connectivity index (χ4v) is 2.31. The second-order valence-electron chi connectivity index (χ2n) is 5.23. The molecule has 0 saturated heterocycles. The Kier molecular flexibility index (Phi) is 4.10. The molecule has 0 amide bonds. The Labute approximate surface area is 134 Å². The molecule has 5 heteroatoms. The molecule has 3 N–H and O–H groups in total. The molecule has 116 valence electrons. The van der Waals surface area contributed by atoms with E-state index in [-0.39, 0.29) is 5.75 Å². The molecule has 0 atom stereocenters. The van der Waals surface area contributed by atoms with Crippen LogP contribution in [0.25, 0.3) is 10.9 Å².